The maximum atomic E-state index is 9.98. The molecule has 0 saturated heterocycles. The molecule has 1 N–H and O–H groups in total. The number of hydrogen-bond donors (Lipinski definition) is 1. The molecule has 2 aromatic carbocycles. The van der Waals surface area contributed by atoms with Gasteiger partial charge in [0.1, 0.15) is 29.7 Å². The average molecular weight is 266 g/mol. The van der Waals surface area contributed by atoms with Gasteiger partial charge in [-0.3, -0.25) is 0 Å². The number of rotatable bonds is 2. The fourth-order valence-electron chi connectivity index (χ4n) is 1.86. The van der Waals surface area contributed by atoms with Gasteiger partial charge >= 0.3 is 0 Å². The van der Waals surface area contributed by atoms with Crippen molar-refractivity contribution in [2.24, 2.45) is 0 Å². The quantitative estimate of drug-likeness (QED) is 0.725. The van der Waals surface area contributed by atoms with Crippen molar-refractivity contribution in [3.05, 3.63) is 42.5 Å². The second-order valence-corrected chi connectivity index (χ2v) is 4.01. The van der Waals surface area contributed by atoms with Crippen molar-refractivity contribution in [2.45, 2.75) is 20.7 Å². The van der Waals surface area contributed by atoms with Crippen LogP contribution in [0.15, 0.2) is 42.5 Å². The molecule has 0 fully saturated rings. The van der Waals surface area contributed by atoms with Gasteiger partial charge in [-0.05, 0) is 24.3 Å². The van der Waals surface area contributed by atoms with Crippen LogP contribution in [0.3, 0.4) is 0 Å². The minimum Gasteiger partial charge on any atom is -0.506 e. The number of phenols is 1. The first-order chi connectivity index (χ1) is 9.78. The van der Waals surface area contributed by atoms with Crippen LogP contribution in [0, 0.1) is 0 Å². The van der Waals surface area contributed by atoms with Crippen molar-refractivity contribution in [1.29, 1.82) is 0 Å². The first-order valence-corrected chi connectivity index (χ1v) is 6.73. The van der Waals surface area contributed by atoms with Gasteiger partial charge in [-0.15, -0.1) is 15.0 Å². The van der Waals surface area contributed by atoms with E-state index in [1.807, 2.05) is 64.3 Å². The highest BCUT2D eigenvalue weighted by atomic mass is 16.3. The van der Waals surface area contributed by atoms with Crippen LogP contribution in [0.4, 0.5) is 0 Å². The van der Waals surface area contributed by atoms with E-state index >= 15 is 0 Å². The van der Waals surface area contributed by atoms with E-state index in [1.54, 1.807) is 6.07 Å². The average Bonchev–Trinajstić information content (AvgIpc) is 2.92. The summed E-state index contributed by atoms with van der Waals surface area (Å²) in [7, 11) is 1.93. The highest BCUT2D eigenvalue weighted by molar-refractivity contribution is 6.52. The van der Waals surface area contributed by atoms with E-state index in [2.05, 4.69) is 10.2 Å². The van der Waals surface area contributed by atoms with Crippen LogP contribution in [0.1, 0.15) is 13.8 Å². The molecule has 0 saturated carbocycles. The summed E-state index contributed by atoms with van der Waals surface area (Å²) >= 11 is 0. The zero-order valence-corrected chi connectivity index (χ0v) is 11.9. The van der Waals surface area contributed by atoms with Crippen LogP contribution in [-0.2, 0) is 0 Å². The fraction of sp³-hybridized carbons (Fsp3) is 0.200. The highest BCUT2D eigenvalue weighted by Gasteiger charge is 2.08. The summed E-state index contributed by atoms with van der Waals surface area (Å²) in [5.74, 6) is 0.172. The van der Waals surface area contributed by atoms with Gasteiger partial charge in [-0.2, -0.15) is 0 Å². The number of benzene rings is 2. The second-order valence-electron chi connectivity index (χ2n) is 4.01. The van der Waals surface area contributed by atoms with Crippen LogP contribution >= 0.6 is 0 Å². The largest absolute Gasteiger partial charge is 0.506 e. The molecule has 0 aliphatic carbocycles. The van der Waals surface area contributed by atoms with Crippen molar-refractivity contribution in [3.8, 4) is 11.4 Å². The SMILES string of the molecule is CC.C[B]c1ccc(-n2nc3ccccc3n2)c(O)c1. The lowest BCUT2D eigenvalue weighted by atomic mass is 9.73. The summed E-state index contributed by atoms with van der Waals surface area (Å²) < 4.78 is 0. The molecule has 1 heterocycles. The molecule has 0 aliphatic rings. The lowest BCUT2D eigenvalue weighted by Crippen LogP contribution is -2.11. The molecule has 5 heteroatoms. The molecule has 1 radical (unpaired) electrons. The Hall–Kier alpha value is -2.30. The Bertz CT molecular complexity index is 676. The van der Waals surface area contributed by atoms with Crippen LogP contribution in [-0.4, -0.2) is 27.4 Å². The van der Waals surface area contributed by atoms with Gasteiger partial charge in [0.2, 0.25) is 0 Å². The number of aromatic nitrogens is 3. The Kier molecular flexibility index (Phi) is 4.40. The van der Waals surface area contributed by atoms with E-state index in [0.29, 0.717) is 5.69 Å². The molecule has 4 nitrogen and oxygen atoms in total. The second kappa shape index (κ2) is 6.24. The van der Waals surface area contributed by atoms with E-state index in [4.69, 9.17) is 0 Å². The predicted octanol–water partition coefficient (Wildman–Crippen LogP) is 2.53. The molecule has 1 aromatic heterocycles. The van der Waals surface area contributed by atoms with Gasteiger partial charge in [0.25, 0.3) is 0 Å². The Labute approximate surface area is 119 Å². The molecular formula is C15H17BN3O. The van der Waals surface area contributed by atoms with Crippen LogP contribution < -0.4 is 5.46 Å². The van der Waals surface area contributed by atoms with E-state index in [0.717, 1.165) is 16.5 Å². The van der Waals surface area contributed by atoms with Crippen molar-refractivity contribution in [2.75, 3.05) is 0 Å². The maximum absolute atomic E-state index is 9.98. The summed E-state index contributed by atoms with van der Waals surface area (Å²) in [6.45, 7) is 5.93. The Balaban J connectivity index is 0.000000704. The monoisotopic (exact) mass is 266 g/mol. The Morgan fingerprint density at radius 2 is 1.60 bits per heavy atom. The topological polar surface area (TPSA) is 50.9 Å². The fourth-order valence-corrected chi connectivity index (χ4v) is 1.86. The predicted molar refractivity (Wildman–Crippen MR) is 83.1 cm³/mol. The Morgan fingerprint density at radius 1 is 1.00 bits per heavy atom. The van der Waals surface area contributed by atoms with Crippen molar-refractivity contribution >= 4 is 23.8 Å². The minimum absolute atomic E-state index is 0.172. The van der Waals surface area contributed by atoms with Gasteiger partial charge < -0.3 is 5.11 Å². The van der Waals surface area contributed by atoms with Crippen LogP contribution in [0.2, 0.25) is 6.82 Å². The molecule has 101 valence electrons. The number of fused-ring (bicyclic) bond motifs is 1. The van der Waals surface area contributed by atoms with Crippen LogP contribution in [0.25, 0.3) is 16.7 Å². The number of phenolic OH excluding ortho intramolecular Hbond substituents is 1. The molecule has 0 aliphatic heterocycles. The summed E-state index contributed by atoms with van der Waals surface area (Å²) in [5.41, 5.74) is 3.16. The van der Waals surface area contributed by atoms with Gasteiger partial charge in [0, 0.05) is 0 Å². The third kappa shape index (κ3) is 2.66. The molecule has 3 aromatic rings. The zero-order chi connectivity index (χ0) is 14.5. The Morgan fingerprint density at radius 3 is 2.10 bits per heavy atom. The number of hydrogen-bond acceptors (Lipinski definition) is 3. The van der Waals surface area contributed by atoms with E-state index in [1.165, 1.54) is 4.80 Å². The van der Waals surface area contributed by atoms with Gasteiger partial charge in [-0.1, -0.05) is 44.3 Å². The summed E-state index contributed by atoms with van der Waals surface area (Å²) in [6, 6.07) is 13.0. The standard InChI is InChI=1S/C13H11BN3O.C2H6/c1-14-9-6-7-12(13(18)8-9)17-15-10-4-2-3-5-11(10)16-17;1-2/h2-8,18H,1H3;1-2H3. The summed E-state index contributed by atoms with van der Waals surface area (Å²) in [4.78, 5) is 1.46. The van der Waals surface area contributed by atoms with Crippen molar-refractivity contribution in [3.63, 3.8) is 0 Å². The van der Waals surface area contributed by atoms with E-state index < -0.39 is 0 Å². The van der Waals surface area contributed by atoms with E-state index in [-0.39, 0.29) is 5.75 Å². The first-order valence-electron chi connectivity index (χ1n) is 6.73. The molecule has 0 atom stereocenters. The van der Waals surface area contributed by atoms with E-state index in [9.17, 15) is 5.11 Å². The molecule has 0 bridgehead atoms. The molecule has 0 amide bonds. The molecule has 0 unspecified atom stereocenters. The summed E-state index contributed by atoms with van der Waals surface area (Å²) in [5, 5.41) is 18.6. The first kappa shape index (κ1) is 14.1. The third-order valence-corrected chi connectivity index (χ3v) is 2.83. The normalized spacial score (nSPS) is 9.95. The number of nitrogens with zero attached hydrogens (tertiary/aromatic N) is 3. The van der Waals surface area contributed by atoms with Gasteiger partial charge in [0.15, 0.2) is 0 Å². The van der Waals surface area contributed by atoms with Crippen molar-refractivity contribution in [1.82, 2.24) is 15.0 Å². The third-order valence-electron chi connectivity index (χ3n) is 2.83. The van der Waals surface area contributed by atoms with Gasteiger partial charge in [0.05, 0.1) is 0 Å². The minimum atomic E-state index is 0.172. The maximum Gasteiger partial charge on any atom is 0.148 e. The molecule has 3 rings (SSSR count). The number of aromatic hydroxyl groups is 1. The van der Waals surface area contributed by atoms with Crippen LogP contribution in [0.5, 0.6) is 5.75 Å². The van der Waals surface area contributed by atoms with Gasteiger partial charge in [-0.25, -0.2) is 0 Å². The lowest BCUT2D eigenvalue weighted by molar-refractivity contribution is 0.468. The highest BCUT2D eigenvalue weighted by Crippen LogP contribution is 2.19. The lowest BCUT2D eigenvalue weighted by Gasteiger charge is -2.04. The summed E-state index contributed by atoms with van der Waals surface area (Å²) in [6.07, 6.45) is 0. The zero-order valence-electron chi connectivity index (χ0n) is 11.9. The smallest absolute Gasteiger partial charge is 0.148 e. The van der Waals surface area contributed by atoms with Crippen molar-refractivity contribution < 1.29 is 5.11 Å². The molecular weight excluding hydrogens is 249 g/mol. The molecule has 0 spiro atoms. The molecule has 20 heavy (non-hydrogen) atoms.